The highest BCUT2D eigenvalue weighted by atomic mass is 16.4. The van der Waals surface area contributed by atoms with Crippen LogP contribution in [0.3, 0.4) is 0 Å². The number of benzene rings is 8. The number of rotatable bonds is 5. The number of hydrogen-bond acceptors (Lipinski definition) is 5. The number of para-hydroxylation sites is 3. The Morgan fingerprint density at radius 2 is 0.981 bits per heavy atom. The van der Waals surface area contributed by atoms with Gasteiger partial charge < -0.3 is 18.2 Å². The standard InChI is InChI=1S/C47H28N2O3/c1-2-11-34-29(9-1)10-7-13-35(34)30-19-21-31(22-20-30)49(32-23-25-37-36-12-3-5-16-41(36)50-44(37)27-32)33-24-26-38-45(28-33)51-43-18-8-14-39(46(38)43)47-48-40-15-4-6-17-42(40)52-47/h1-28H. The number of nitrogens with zero attached hydrogens (tertiary/aromatic N) is 2. The Morgan fingerprint density at radius 1 is 0.385 bits per heavy atom. The molecule has 0 radical (unpaired) electrons. The molecule has 5 heteroatoms. The summed E-state index contributed by atoms with van der Waals surface area (Å²) in [6, 6.07) is 58.7. The van der Waals surface area contributed by atoms with Gasteiger partial charge in [-0.15, -0.1) is 0 Å². The van der Waals surface area contributed by atoms with Gasteiger partial charge in [0.25, 0.3) is 0 Å². The molecule has 0 aliphatic heterocycles. The van der Waals surface area contributed by atoms with E-state index in [9.17, 15) is 0 Å². The number of aromatic nitrogens is 1. The van der Waals surface area contributed by atoms with Gasteiger partial charge in [-0.1, -0.05) is 91.0 Å². The van der Waals surface area contributed by atoms with Gasteiger partial charge in [-0.25, -0.2) is 4.98 Å². The lowest BCUT2D eigenvalue weighted by Gasteiger charge is -2.25. The van der Waals surface area contributed by atoms with Crippen molar-refractivity contribution in [3.8, 4) is 22.6 Å². The van der Waals surface area contributed by atoms with Crippen molar-refractivity contribution in [2.45, 2.75) is 0 Å². The normalized spacial score (nSPS) is 11.8. The molecular weight excluding hydrogens is 641 g/mol. The molecule has 11 aromatic rings. The highest BCUT2D eigenvalue weighted by Crippen LogP contribution is 2.43. The first-order valence-electron chi connectivity index (χ1n) is 17.4. The van der Waals surface area contributed by atoms with Gasteiger partial charge in [0.2, 0.25) is 5.89 Å². The largest absolute Gasteiger partial charge is 0.456 e. The fourth-order valence-corrected chi connectivity index (χ4v) is 7.69. The average molecular weight is 669 g/mol. The van der Waals surface area contributed by atoms with E-state index in [1.54, 1.807) is 0 Å². The summed E-state index contributed by atoms with van der Waals surface area (Å²) in [4.78, 5) is 7.06. The molecule has 0 spiro atoms. The van der Waals surface area contributed by atoms with Crippen molar-refractivity contribution in [2.24, 2.45) is 0 Å². The Labute approximate surface area is 297 Å². The summed E-state index contributed by atoms with van der Waals surface area (Å²) in [5.41, 5.74) is 11.1. The topological polar surface area (TPSA) is 55.6 Å². The van der Waals surface area contributed by atoms with Gasteiger partial charge in [-0.3, -0.25) is 0 Å². The third kappa shape index (κ3) is 4.46. The molecule has 0 unspecified atom stereocenters. The third-order valence-electron chi connectivity index (χ3n) is 10.1. The second-order valence-corrected chi connectivity index (χ2v) is 13.1. The fraction of sp³-hybridized carbons (Fsp3) is 0. The van der Waals surface area contributed by atoms with Crippen molar-refractivity contribution in [2.75, 3.05) is 4.90 Å². The third-order valence-corrected chi connectivity index (χ3v) is 10.1. The van der Waals surface area contributed by atoms with Gasteiger partial charge in [0.05, 0.1) is 0 Å². The smallest absolute Gasteiger partial charge is 0.228 e. The summed E-state index contributed by atoms with van der Waals surface area (Å²) in [5, 5.41) is 6.63. The minimum atomic E-state index is 0.575. The molecule has 0 saturated heterocycles. The Hall–Kier alpha value is -7.11. The van der Waals surface area contributed by atoms with Gasteiger partial charge >= 0.3 is 0 Å². The summed E-state index contributed by atoms with van der Waals surface area (Å²) in [7, 11) is 0. The first-order valence-corrected chi connectivity index (χ1v) is 17.4. The lowest BCUT2D eigenvalue weighted by Crippen LogP contribution is -2.09. The number of fused-ring (bicyclic) bond motifs is 8. The Balaban J connectivity index is 1.07. The van der Waals surface area contributed by atoms with Gasteiger partial charge in [0.1, 0.15) is 27.8 Å². The van der Waals surface area contributed by atoms with Crippen LogP contribution in [0.25, 0.3) is 88.3 Å². The molecule has 0 aliphatic rings. The van der Waals surface area contributed by atoms with Crippen molar-refractivity contribution in [1.29, 1.82) is 0 Å². The van der Waals surface area contributed by atoms with E-state index < -0.39 is 0 Å². The van der Waals surface area contributed by atoms with E-state index in [-0.39, 0.29) is 0 Å². The molecule has 0 atom stereocenters. The SMILES string of the molecule is c1ccc2c(-c3ccc(N(c4ccc5c(c4)oc4ccccc45)c4ccc5c(c4)oc4cccc(-c6nc7ccccc7o6)c45)cc3)cccc2c1. The number of hydrogen-bond donors (Lipinski definition) is 0. The van der Waals surface area contributed by atoms with Crippen molar-refractivity contribution >= 4 is 82.8 Å². The van der Waals surface area contributed by atoms with E-state index in [2.05, 4.69) is 114 Å². The molecular formula is C47H28N2O3. The predicted molar refractivity (Wildman–Crippen MR) is 212 cm³/mol. The maximum Gasteiger partial charge on any atom is 0.228 e. The van der Waals surface area contributed by atoms with E-state index in [1.807, 2.05) is 60.7 Å². The van der Waals surface area contributed by atoms with Crippen LogP contribution in [0.2, 0.25) is 0 Å². The molecule has 11 rings (SSSR count). The predicted octanol–water partition coefficient (Wildman–Crippen LogP) is 13.6. The van der Waals surface area contributed by atoms with Crippen LogP contribution in [0, 0.1) is 0 Å². The van der Waals surface area contributed by atoms with E-state index >= 15 is 0 Å². The maximum atomic E-state index is 6.56. The van der Waals surface area contributed by atoms with Crippen LogP contribution in [0.15, 0.2) is 183 Å². The molecule has 3 aromatic heterocycles. The zero-order chi connectivity index (χ0) is 34.2. The molecule has 0 fully saturated rings. The second-order valence-electron chi connectivity index (χ2n) is 13.1. The quantitative estimate of drug-likeness (QED) is 0.183. The molecule has 0 bridgehead atoms. The number of oxazole rings is 1. The Kier molecular flexibility index (Phi) is 6.18. The molecule has 0 aliphatic carbocycles. The van der Waals surface area contributed by atoms with E-state index in [0.29, 0.717) is 5.89 Å². The lowest BCUT2D eigenvalue weighted by molar-refractivity contribution is 0.620. The van der Waals surface area contributed by atoms with Crippen molar-refractivity contribution < 1.29 is 13.3 Å². The average Bonchev–Trinajstić information content (AvgIpc) is 3.91. The van der Waals surface area contributed by atoms with Gasteiger partial charge in [-0.2, -0.15) is 0 Å². The van der Waals surface area contributed by atoms with Gasteiger partial charge in [0.15, 0.2) is 5.58 Å². The second kappa shape index (κ2) is 11.2. The van der Waals surface area contributed by atoms with E-state index in [0.717, 1.165) is 83.2 Å². The van der Waals surface area contributed by atoms with Gasteiger partial charge in [0, 0.05) is 56.3 Å². The fourth-order valence-electron chi connectivity index (χ4n) is 7.69. The zero-order valence-corrected chi connectivity index (χ0v) is 27.8. The lowest BCUT2D eigenvalue weighted by atomic mass is 9.98. The number of anilines is 3. The van der Waals surface area contributed by atoms with Crippen LogP contribution in [0.4, 0.5) is 17.1 Å². The van der Waals surface area contributed by atoms with Crippen LogP contribution in [-0.2, 0) is 0 Å². The highest BCUT2D eigenvalue weighted by Gasteiger charge is 2.20. The Bertz CT molecular complexity index is 3110. The first kappa shape index (κ1) is 28.7. The van der Waals surface area contributed by atoms with Crippen molar-refractivity contribution in [3.63, 3.8) is 0 Å². The summed E-state index contributed by atoms with van der Waals surface area (Å²) >= 11 is 0. The Morgan fingerprint density at radius 3 is 1.83 bits per heavy atom. The summed E-state index contributed by atoms with van der Waals surface area (Å²) < 4.78 is 19.1. The molecule has 244 valence electrons. The molecule has 5 nitrogen and oxygen atoms in total. The summed E-state index contributed by atoms with van der Waals surface area (Å²) in [6.45, 7) is 0. The molecule has 52 heavy (non-hydrogen) atoms. The zero-order valence-electron chi connectivity index (χ0n) is 27.8. The van der Waals surface area contributed by atoms with Gasteiger partial charge in [-0.05, 0) is 88.6 Å². The minimum Gasteiger partial charge on any atom is -0.456 e. The van der Waals surface area contributed by atoms with Crippen LogP contribution >= 0.6 is 0 Å². The first-order chi connectivity index (χ1) is 25.7. The van der Waals surface area contributed by atoms with Crippen LogP contribution in [0.1, 0.15) is 0 Å². The monoisotopic (exact) mass is 668 g/mol. The molecule has 3 heterocycles. The van der Waals surface area contributed by atoms with E-state index in [1.165, 1.54) is 16.3 Å². The maximum absolute atomic E-state index is 6.56. The molecule has 0 N–H and O–H groups in total. The van der Waals surface area contributed by atoms with Crippen LogP contribution in [-0.4, -0.2) is 4.98 Å². The molecule has 8 aromatic carbocycles. The molecule has 0 saturated carbocycles. The summed E-state index contributed by atoms with van der Waals surface area (Å²) in [5.74, 6) is 0.575. The van der Waals surface area contributed by atoms with Crippen molar-refractivity contribution in [1.82, 2.24) is 4.98 Å². The number of furan rings is 2. The highest BCUT2D eigenvalue weighted by molar-refractivity contribution is 6.13. The van der Waals surface area contributed by atoms with Crippen molar-refractivity contribution in [3.05, 3.63) is 170 Å². The van der Waals surface area contributed by atoms with Crippen LogP contribution < -0.4 is 4.90 Å². The van der Waals surface area contributed by atoms with E-state index in [4.69, 9.17) is 18.2 Å². The summed E-state index contributed by atoms with van der Waals surface area (Å²) in [6.07, 6.45) is 0. The van der Waals surface area contributed by atoms with Crippen LogP contribution in [0.5, 0.6) is 0 Å². The minimum absolute atomic E-state index is 0.575. The molecule has 0 amide bonds.